The van der Waals surface area contributed by atoms with Gasteiger partial charge in [-0.25, -0.2) is 0 Å². The van der Waals surface area contributed by atoms with Crippen LogP contribution in [0.5, 0.6) is 11.5 Å². The molecule has 102 valence electrons. The van der Waals surface area contributed by atoms with Crippen molar-refractivity contribution in [2.24, 2.45) is 5.73 Å². The normalized spacial score (nSPS) is 12.3. The van der Waals surface area contributed by atoms with Gasteiger partial charge < -0.3 is 15.2 Å². The minimum absolute atomic E-state index is 0.146. The van der Waals surface area contributed by atoms with E-state index in [1.807, 2.05) is 12.1 Å². The van der Waals surface area contributed by atoms with E-state index in [2.05, 4.69) is 13.8 Å². The minimum atomic E-state index is 0.146. The van der Waals surface area contributed by atoms with Crippen LogP contribution in [-0.2, 0) is 6.42 Å². The van der Waals surface area contributed by atoms with Crippen molar-refractivity contribution in [2.45, 2.75) is 39.2 Å². The molecule has 0 fully saturated rings. The summed E-state index contributed by atoms with van der Waals surface area (Å²) in [4.78, 5) is 0. The van der Waals surface area contributed by atoms with Gasteiger partial charge in [0.05, 0.1) is 18.7 Å². The van der Waals surface area contributed by atoms with E-state index in [-0.39, 0.29) is 6.04 Å². The van der Waals surface area contributed by atoms with E-state index in [0.717, 1.165) is 24.8 Å². The van der Waals surface area contributed by atoms with Gasteiger partial charge in [0.15, 0.2) is 11.5 Å². The van der Waals surface area contributed by atoms with E-state index < -0.39 is 0 Å². The Hall–Kier alpha value is -0.930. The first-order chi connectivity index (χ1) is 8.62. The molecule has 1 aromatic rings. The van der Waals surface area contributed by atoms with Crippen molar-refractivity contribution in [2.75, 3.05) is 13.7 Å². The molecule has 4 heteroatoms. The van der Waals surface area contributed by atoms with E-state index in [0.29, 0.717) is 23.1 Å². The Bertz CT molecular complexity index is 382. The highest BCUT2D eigenvalue weighted by Gasteiger charge is 2.13. The second kappa shape index (κ2) is 7.49. The molecule has 0 aliphatic carbocycles. The number of rotatable bonds is 7. The molecule has 1 unspecified atom stereocenters. The van der Waals surface area contributed by atoms with Crippen LogP contribution < -0.4 is 15.2 Å². The maximum absolute atomic E-state index is 6.23. The lowest BCUT2D eigenvalue weighted by molar-refractivity contribution is 0.294. The Labute approximate surface area is 114 Å². The van der Waals surface area contributed by atoms with Gasteiger partial charge in [-0.15, -0.1) is 0 Å². The van der Waals surface area contributed by atoms with E-state index >= 15 is 0 Å². The summed E-state index contributed by atoms with van der Waals surface area (Å²) in [5.74, 6) is 1.30. The lowest BCUT2D eigenvalue weighted by Crippen LogP contribution is -2.21. The van der Waals surface area contributed by atoms with Gasteiger partial charge in [0.25, 0.3) is 0 Å². The maximum atomic E-state index is 6.23. The molecule has 0 saturated heterocycles. The summed E-state index contributed by atoms with van der Waals surface area (Å²) >= 11 is 6.23. The average molecular weight is 272 g/mol. The second-order valence-corrected chi connectivity index (χ2v) is 4.74. The maximum Gasteiger partial charge on any atom is 0.179 e. The number of methoxy groups -OCH3 is 1. The van der Waals surface area contributed by atoms with Crippen molar-refractivity contribution in [1.82, 2.24) is 0 Å². The van der Waals surface area contributed by atoms with Gasteiger partial charge in [0.1, 0.15) is 0 Å². The smallest absolute Gasteiger partial charge is 0.179 e. The molecule has 3 nitrogen and oxygen atoms in total. The standard InChI is InChI=1S/C14H22ClNO2/c1-4-6-18-14-12(15)8-10(7-11(16)5-2)9-13(14)17-3/h8-9,11H,4-7,16H2,1-3H3. The fourth-order valence-electron chi connectivity index (χ4n) is 1.68. The molecule has 0 aromatic heterocycles. The third-order valence-corrected chi connectivity index (χ3v) is 3.04. The Morgan fingerprint density at radius 2 is 2.06 bits per heavy atom. The van der Waals surface area contributed by atoms with Crippen molar-refractivity contribution in [3.8, 4) is 11.5 Å². The van der Waals surface area contributed by atoms with E-state index in [9.17, 15) is 0 Å². The molecular formula is C14H22ClNO2. The molecule has 0 radical (unpaired) electrons. The monoisotopic (exact) mass is 271 g/mol. The van der Waals surface area contributed by atoms with E-state index in [1.54, 1.807) is 7.11 Å². The van der Waals surface area contributed by atoms with Crippen LogP contribution in [-0.4, -0.2) is 19.8 Å². The zero-order valence-electron chi connectivity index (χ0n) is 11.3. The first kappa shape index (κ1) is 15.1. The highest BCUT2D eigenvalue weighted by molar-refractivity contribution is 6.32. The summed E-state index contributed by atoms with van der Waals surface area (Å²) in [6.45, 7) is 4.75. The number of benzene rings is 1. The third-order valence-electron chi connectivity index (χ3n) is 2.76. The molecule has 18 heavy (non-hydrogen) atoms. The number of hydrogen-bond acceptors (Lipinski definition) is 3. The summed E-state index contributed by atoms with van der Waals surface area (Å²) in [5, 5.41) is 0.584. The number of nitrogens with two attached hydrogens (primary N) is 1. The minimum Gasteiger partial charge on any atom is -0.493 e. The Balaban J connectivity index is 2.95. The van der Waals surface area contributed by atoms with Gasteiger partial charge in [0, 0.05) is 6.04 Å². The summed E-state index contributed by atoms with van der Waals surface area (Å²) in [6, 6.07) is 4.00. The number of hydrogen-bond donors (Lipinski definition) is 1. The molecular weight excluding hydrogens is 250 g/mol. The average Bonchev–Trinajstić information content (AvgIpc) is 2.36. The lowest BCUT2D eigenvalue weighted by Gasteiger charge is -2.15. The van der Waals surface area contributed by atoms with Crippen LogP contribution in [0.1, 0.15) is 32.3 Å². The fraction of sp³-hybridized carbons (Fsp3) is 0.571. The van der Waals surface area contributed by atoms with Crippen LogP contribution in [0, 0.1) is 0 Å². The predicted octanol–water partition coefficient (Wildman–Crippen LogP) is 3.42. The summed E-state index contributed by atoms with van der Waals surface area (Å²) in [6.07, 6.45) is 2.66. The number of ether oxygens (including phenoxy) is 2. The zero-order valence-corrected chi connectivity index (χ0v) is 12.1. The third kappa shape index (κ3) is 4.07. The van der Waals surface area contributed by atoms with Gasteiger partial charge in [-0.3, -0.25) is 0 Å². The molecule has 0 heterocycles. The Morgan fingerprint density at radius 1 is 1.33 bits per heavy atom. The zero-order chi connectivity index (χ0) is 13.5. The van der Waals surface area contributed by atoms with Gasteiger partial charge in [-0.1, -0.05) is 25.4 Å². The molecule has 0 saturated carbocycles. The Morgan fingerprint density at radius 3 is 2.61 bits per heavy atom. The molecule has 0 amide bonds. The molecule has 1 aromatic carbocycles. The molecule has 2 N–H and O–H groups in total. The Kier molecular flexibility index (Phi) is 6.30. The molecule has 0 aliphatic heterocycles. The second-order valence-electron chi connectivity index (χ2n) is 4.33. The van der Waals surface area contributed by atoms with E-state index in [1.165, 1.54) is 0 Å². The van der Waals surface area contributed by atoms with Crippen molar-refractivity contribution >= 4 is 11.6 Å². The van der Waals surface area contributed by atoms with Crippen LogP contribution in [0.15, 0.2) is 12.1 Å². The van der Waals surface area contributed by atoms with Crippen molar-refractivity contribution < 1.29 is 9.47 Å². The van der Waals surface area contributed by atoms with Crippen LogP contribution in [0.3, 0.4) is 0 Å². The quantitative estimate of drug-likeness (QED) is 0.826. The van der Waals surface area contributed by atoms with Crippen molar-refractivity contribution in [1.29, 1.82) is 0 Å². The lowest BCUT2D eigenvalue weighted by atomic mass is 10.0. The molecule has 0 bridgehead atoms. The molecule has 0 aliphatic rings. The highest BCUT2D eigenvalue weighted by Crippen LogP contribution is 2.36. The van der Waals surface area contributed by atoms with Gasteiger partial charge >= 0.3 is 0 Å². The first-order valence-corrected chi connectivity index (χ1v) is 6.74. The van der Waals surface area contributed by atoms with Gasteiger partial charge in [0.2, 0.25) is 0 Å². The summed E-state index contributed by atoms with van der Waals surface area (Å²) < 4.78 is 10.9. The molecule has 0 spiro atoms. The fourth-order valence-corrected chi connectivity index (χ4v) is 1.97. The van der Waals surface area contributed by atoms with Gasteiger partial charge in [-0.2, -0.15) is 0 Å². The highest BCUT2D eigenvalue weighted by atomic mass is 35.5. The number of halogens is 1. The van der Waals surface area contributed by atoms with Crippen molar-refractivity contribution in [3.05, 3.63) is 22.7 Å². The predicted molar refractivity (Wildman–Crippen MR) is 75.8 cm³/mol. The largest absolute Gasteiger partial charge is 0.493 e. The summed E-state index contributed by atoms with van der Waals surface area (Å²) in [5.41, 5.74) is 7.03. The van der Waals surface area contributed by atoms with E-state index in [4.69, 9.17) is 26.8 Å². The van der Waals surface area contributed by atoms with Crippen LogP contribution in [0.4, 0.5) is 0 Å². The van der Waals surface area contributed by atoms with Crippen LogP contribution in [0.2, 0.25) is 5.02 Å². The molecule has 1 rings (SSSR count). The van der Waals surface area contributed by atoms with Gasteiger partial charge in [-0.05, 0) is 37.0 Å². The summed E-state index contributed by atoms with van der Waals surface area (Å²) in [7, 11) is 1.62. The topological polar surface area (TPSA) is 44.5 Å². The van der Waals surface area contributed by atoms with Crippen LogP contribution >= 0.6 is 11.6 Å². The SMILES string of the molecule is CCCOc1c(Cl)cc(CC(N)CC)cc1OC. The molecule has 1 atom stereocenters. The van der Waals surface area contributed by atoms with Crippen molar-refractivity contribution in [3.63, 3.8) is 0 Å². The van der Waals surface area contributed by atoms with Crippen LogP contribution in [0.25, 0.3) is 0 Å². The first-order valence-electron chi connectivity index (χ1n) is 6.37.